The highest BCUT2D eigenvalue weighted by atomic mass is 32.2. The molecule has 3 heterocycles. The average molecular weight is 448 g/mol. The number of nitrogens with two attached hydrogens (primary N) is 1. The second-order valence-electron chi connectivity index (χ2n) is 8.43. The van der Waals surface area contributed by atoms with Gasteiger partial charge in [-0.1, -0.05) is 5.16 Å². The second-order valence-corrected chi connectivity index (χ2v) is 10.3. The van der Waals surface area contributed by atoms with Crippen molar-refractivity contribution in [2.45, 2.75) is 68.3 Å². The van der Waals surface area contributed by atoms with Crippen molar-refractivity contribution < 1.29 is 17.7 Å². The summed E-state index contributed by atoms with van der Waals surface area (Å²) in [6.45, 7) is 2.76. The molecule has 2 atom stereocenters. The molecule has 2 aromatic rings. The Morgan fingerprint density at radius 2 is 2.13 bits per heavy atom. The monoisotopic (exact) mass is 447 g/mol. The maximum atomic E-state index is 13.1. The third kappa shape index (κ3) is 4.97. The molecule has 31 heavy (non-hydrogen) atoms. The summed E-state index contributed by atoms with van der Waals surface area (Å²) < 4.78 is 32.9. The van der Waals surface area contributed by atoms with Gasteiger partial charge in [-0.2, -0.15) is 4.31 Å². The number of carbonyl (C=O) groups is 1. The molecule has 2 aliphatic rings. The van der Waals surface area contributed by atoms with E-state index in [0.29, 0.717) is 31.8 Å². The number of pyridine rings is 1. The summed E-state index contributed by atoms with van der Waals surface area (Å²) >= 11 is 0. The molecule has 0 radical (unpaired) electrons. The Labute approximate surface area is 182 Å². The molecule has 1 amide bonds. The van der Waals surface area contributed by atoms with E-state index < -0.39 is 10.0 Å². The van der Waals surface area contributed by atoms with Gasteiger partial charge >= 0.3 is 0 Å². The van der Waals surface area contributed by atoms with Crippen molar-refractivity contribution in [2.24, 2.45) is 5.73 Å². The van der Waals surface area contributed by atoms with Crippen LogP contribution in [0.2, 0.25) is 0 Å². The van der Waals surface area contributed by atoms with Gasteiger partial charge in [-0.15, -0.1) is 0 Å². The number of aryl methyl sites for hydroxylation is 1. The number of nitrogens with one attached hydrogen (secondary N) is 1. The standard InChI is InChI=1S/C21H29N5O4S/c1-14-11-17(24-21(27)19-12-20(30-25-19)15-4-5-15)8-10-26(14)31(28,29)18-7-6-16(23-13-18)3-2-9-22/h6-7,12-15,17H,2-5,8-11,22H2,1H3,(H,24,27)/t14-,17-/m0/s1. The molecule has 1 saturated carbocycles. The van der Waals surface area contributed by atoms with E-state index in [1.165, 1.54) is 10.5 Å². The van der Waals surface area contributed by atoms with Gasteiger partial charge in [-0.05, 0) is 64.1 Å². The number of carbonyl (C=O) groups excluding carboxylic acids is 1. The predicted octanol–water partition coefficient (Wildman–Crippen LogP) is 1.81. The van der Waals surface area contributed by atoms with E-state index in [4.69, 9.17) is 10.3 Å². The van der Waals surface area contributed by atoms with Crippen molar-refractivity contribution in [2.75, 3.05) is 13.1 Å². The Bertz CT molecular complexity index is 1020. The highest BCUT2D eigenvalue weighted by Crippen LogP contribution is 2.40. The smallest absolute Gasteiger partial charge is 0.273 e. The fourth-order valence-electron chi connectivity index (χ4n) is 3.98. The van der Waals surface area contributed by atoms with Gasteiger partial charge in [0.2, 0.25) is 10.0 Å². The van der Waals surface area contributed by atoms with Crippen molar-refractivity contribution in [3.63, 3.8) is 0 Å². The molecular weight excluding hydrogens is 418 g/mol. The zero-order chi connectivity index (χ0) is 22.0. The number of hydrogen-bond donors (Lipinski definition) is 2. The largest absolute Gasteiger partial charge is 0.360 e. The zero-order valence-electron chi connectivity index (χ0n) is 17.7. The minimum Gasteiger partial charge on any atom is -0.360 e. The third-order valence-electron chi connectivity index (χ3n) is 5.93. The van der Waals surface area contributed by atoms with Crippen LogP contribution in [0.4, 0.5) is 0 Å². The predicted molar refractivity (Wildman–Crippen MR) is 114 cm³/mol. The van der Waals surface area contributed by atoms with Crippen LogP contribution in [-0.4, -0.2) is 53.9 Å². The zero-order valence-corrected chi connectivity index (χ0v) is 18.5. The lowest BCUT2D eigenvalue weighted by atomic mass is 10.0. The Balaban J connectivity index is 1.35. The molecule has 0 spiro atoms. The lowest BCUT2D eigenvalue weighted by Gasteiger charge is -2.36. The first-order valence-corrected chi connectivity index (χ1v) is 12.3. The summed E-state index contributed by atoms with van der Waals surface area (Å²) in [5.41, 5.74) is 6.63. The van der Waals surface area contributed by atoms with Crippen molar-refractivity contribution in [3.8, 4) is 0 Å². The lowest BCUT2D eigenvalue weighted by Crippen LogP contribution is -2.50. The fraction of sp³-hybridized carbons (Fsp3) is 0.571. The van der Waals surface area contributed by atoms with Crippen molar-refractivity contribution >= 4 is 15.9 Å². The number of amides is 1. The van der Waals surface area contributed by atoms with E-state index in [9.17, 15) is 13.2 Å². The number of piperidine rings is 1. The van der Waals surface area contributed by atoms with E-state index >= 15 is 0 Å². The number of nitrogens with zero attached hydrogens (tertiary/aromatic N) is 3. The van der Waals surface area contributed by atoms with E-state index in [1.54, 1.807) is 18.2 Å². The van der Waals surface area contributed by atoms with Gasteiger partial charge in [-0.25, -0.2) is 8.42 Å². The molecule has 0 aromatic carbocycles. The van der Waals surface area contributed by atoms with Crippen LogP contribution in [0.1, 0.15) is 66.9 Å². The Morgan fingerprint density at radius 3 is 2.77 bits per heavy atom. The maximum Gasteiger partial charge on any atom is 0.273 e. The number of sulfonamides is 1. The summed E-state index contributed by atoms with van der Waals surface area (Å²) in [6.07, 6.45) is 6.17. The molecule has 2 aromatic heterocycles. The highest BCUT2D eigenvalue weighted by molar-refractivity contribution is 7.89. The van der Waals surface area contributed by atoms with Gasteiger partial charge in [0.15, 0.2) is 5.69 Å². The van der Waals surface area contributed by atoms with Crippen LogP contribution in [0.25, 0.3) is 0 Å². The molecule has 4 rings (SSSR count). The Morgan fingerprint density at radius 1 is 1.32 bits per heavy atom. The minimum absolute atomic E-state index is 0.119. The Kier molecular flexibility index (Phi) is 6.40. The van der Waals surface area contributed by atoms with Crippen LogP contribution in [0.15, 0.2) is 33.8 Å². The first kappa shape index (κ1) is 21.9. The highest BCUT2D eigenvalue weighted by Gasteiger charge is 2.36. The molecule has 9 nitrogen and oxygen atoms in total. The fourth-order valence-corrected chi connectivity index (χ4v) is 5.59. The summed E-state index contributed by atoms with van der Waals surface area (Å²) in [5, 5.41) is 6.85. The summed E-state index contributed by atoms with van der Waals surface area (Å²) in [5.74, 6) is 0.884. The summed E-state index contributed by atoms with van der Waals surface area (Å²) in [6, 6.07) is 4.69. The van der Waals surface area contributed by atoms with Gasteiger partial charge in [-0.3, -0.25) is 9.78 Å². The third-order valence-corrected chi connectivity index (χ3v) is 7.93. The van der Waals surface area contributed by atoms with Gasteiger partial charge in [0.25, 0.3) is 5.91 Å². The van der Waals surface area contributed by atoms with E-state index in [0.717, 1.165) is 37.1 Å². The molecule has 0 unspecified atom stereocenters. The molecule has 1 aliphatic heterocycles. The first-order valence-electron chi connectivity index (χ1n) is 10.8. The Hall–Kier alpha value is -2.30. The minimum atomic E-state index is -3.65. The van der Waals surface area contributed by atoms with Crippen LogP contribution in [0.5, 0.6) is 0 Å². The topological polar surface area (TPSA) is 131 Å². The van der Waals surface area contributed by atoms with Gasteiger partial charge in [0.1, 0.15) is 10.7 Å². The lowest BCUT2D eigenvalue weighted by molar-refractivity contribution is 0.0905. The maximum absolute atomic E-state index is 13.1. The molecule has 1 saturated heterocycles. The molecule has 0 bridgehead atoms. The summed E-state index contributed by atoms with van der Waals surface area (Å²) in [4.78, 5) is 17.0. The quantitative estimate of drug-likeness (QED) is 0.631. The van der Waals surface area contributed by atoms with Crippen molar-refractivity contribution in [1.29, 1.82) is 0 Å². The van der Waals surface area contributed by atoms with E-state index in [-0.39, 0.29) is 28.6 Å². The molecule has 1 aliphatic carbocycles. The van der Waals surface area contributed by atoms with Gasteiger partial charge in [0.05, 0.1) is 0 Å². The molecule has 3 N–H and O–H groups in total. The van der Waals surface area contributed by atoms with Crippen LogP contribution < -0.4 is 11.1 Å². The second kappa shape index (κ2) is 9.05. The molecular formula is C21H29N5O4S. The summed E-state index contributed by atoms with van der Waals surface area (Å²) in [7, 11) is -3.65. The van der Waals surface area contributed by atoms with Crippen LogP contribution in [0, 0.1) is 0 Å². The van der Waals surface area contributed by atoms with E-state index in [1.807, 2.05) is 6.92 Å². The van der Waals surface area contributed by atoms with Crippen molar-refractivity contribution in [1.82, 2.24) is 19.8 Å². The first-order chi connectivity index (χ1) is 14.9. The number of aromatic nitrogens is 2. The number of rotatable bonds is 8. The number of hydrogen-bond acceptors (Lipinski definition) is 7. The van der Waals surface area contributed by atoms with Gasteiger partial charge < -0.3 is 15.6 Å². The molecule has 2 fully saturated rings. The SMILES string of the molecule is C[C@H]1C[C@@H](NC(=O)c2cc(C3CC3)on2)CCN1S(=O)(=O)c1ccc(CCCN)nc1. The van der Waals surface area contributed by atoms with Crippen molar-refractivity contribution in [3.05, 3.63) is 41.5 Å². The molecule has 168 valence electrons. The van der Waals surface area contributed by atoms with Gasteiger partial charge in [0, 0.05) is 42.5 Å². The molecule has 10 heteroatoms. The normalized spacial score (nSPS) is 22.4. The van der Waals surface area contributed by atoms with Crippen LogP contribution in [-0.2, 0) is 16.4 Å². The average Bonchev–Trinajstić information content (AvgIpc) is 3.48. The van der Waals surface area contributed by atoms with Crippen LogP contribution >= 0.6 is 0 Å². The van der Waals surface area contributed by atoms with Crippen LogP contribution in [0.3, 0.4) is 0 Å². The van der Waals surface area contributed by atoms with E-state index in [2.05, 4.69) is 15.5 Å².